The molecular weight excluding hydrogens is 268 g/mol. The van der Waals surface area contributed by atoms with Crippen molar-refractivity contribution in [1.82, 2.24) is 19.7 Å². The summed E-state index contributed by atoms with van der Waals surface area (Å²) < 4.78 is 6.58. The number of rotatable bonds is 3. The molecule has 0 bridgehead atoms. The average molecular weight is 284 g/mol. The fraction of sp³-hybridized carbons (Fsp3) is 0.267. The van der Waals surface area contributed by atoms with Gasteiger partial charge in [0.2, 0.25) is 0 Å². The number of aromatic nitrogens is 4. The summed E-state index contributed by atoms with van der Waals surface area (Å²) in [5.41, 5.74) is 3.75. The second kappa shape index (κ2) is 5.05. The largest absolute Gasteiger partial charge is 0.465 e. The fourth-order valence-corrected chi connectivity index (χ4v) is 2.35. The number of hydrogen-bond donors (Lipinski definition) is 1. The summed E-state index contributed by atoms with van der Waals surface area (Å²) in [6, 6.07) is 7.39. The van der Waals surface area contributed by atoms with Gasteiger partial charge in [0.05, 0.1) is 23.9 Å². The number of H-pyrrole nitrogens is 1. The third-order valence-electron chi connectivity index (χ3n) is 3.45. The number of hydrogen-bond acceptors (Lipinski definition) is 4. The zero-order valence-corrected chi connectivity index (χ0v) is 12.2. The number of para-hydroxylation sites is 1. The number of fused-ring (bicyclic) bond motifs is 1. The maximum atomic E-state index is 11.8. The van der Waals surface area contributed by atoms with E-state index in [1.165, 1.54) is 7.11 Å². The van der Waals surface area contributed by atoms with Gasteiger partial charge < -0.3 is 9.72 Å². The molecule has 108 valence electrons. The third kappa shape index (κ3) is 2.18. The van der Waals surface area contributed by atoms with Crippen LogP contribution in [0.2, 0.25) is 0 Å². The molecule has 21 heavy (non-hydrogen) atoms. The molecule has 6 heteroatoms. The molecule has 2 heterocycles. The van der Waals surface area contributed by atoms with Crippen molar-refractivity contribution in [2.75, 3.05) is 7.11 Å². The van der Waals surface area contributed by atoms with Crippen LogP contribution in [0, 0.1) is 0 Å². The van der Waals surface area contributed by atoms with Crippen LogP contribution in [-0.4, -0.2) is 32.8 Å². The molecule has 0 aliphatic carbocycles. The molecule has 3 rings (SSSR count). The lowest BCUT2D eigenvalue weighted by atomic mass is 10.2. The van der Waals surface area contributed by atoms with Crippen molar-refractivity contribution < 1.29 is 9.53 Å². The average Bonchev–Trinajstić information content (AvgIpc) is 3.08. The van der Waals surface area contributed by atoms with Crippen molar-refractivity contribution in [2.45, 2.75) is 13.3 Å². The number of esters is 1. The highest BCUT2D eigenvalue weighted by Gasteiger charge is 2.16. The number of carbonyl (C=O) groups is 1. The Bertz CT molecular complexity index is 816. The number of carbonyl (C=O) groups excluding carboxylic acids is 1. The van der Waals surface area contributed by atoms with Crippen LogP contribution in [0.5, 0.6) is 0 Å². The highest BCUT2D eigenvalue weighted by Crippen LogP contribution is 2.23. The van der Waals surface area contributed by atoms with Crippen molar-refractivity contribution in [3.05, 3.63) is 35.5 Å². The molecule has 0 fully saturated rings. The molecule has 3 aromatic rings. The monoisotopic (exact) mass is 284 g/mol. The summed E-state index contributed by atoms with van der Waals surface area (Å²) in [5.74, 6) is 0.300. The van der Waals surface area contributed by atoms with Crippen molar-refractivity contribution in [3.8, 4) is 11.5 Å². The minimum Gasteiger partial charge on any atom is -0.465 e. The van der Waals surface area contributed by atoms with E-state index >= 15 is 0 Å². The molecule has 6 nitrogen and oxygen atoms in total. The van der Waals surface area contributed by atoms with E-state index in [1.54, 1.807) is 16.8 Å². The normalized spacial score (nSPS) is 11.0. The van der Waals surface area contributed by atoms with Crippen LogP contribution in [0.3, 0.4) is 0 Å². The lowest BCUT2D eigenvalue weighted by Gasteiger charge is -1.98. The molecule has 0 saturated carbocycles. The standard InChI is InChI=1S/C15H16N4O2/c1-4-9-8-12(19(2)18-9)14-16-11-7-5-6-10(13(11)17-14)15(20)21-3/h5-8H,4H2,1-3H3,(H,16,17). The minimum atomic E-state index is -0.391. The Morgan fingerprint density at radius 1 is 1.43 bits per heavy atom. The van der Waals surface area contributed by atoms with Gasteiger partial charge in [-0.1, -0.05) is 13.0 Å². The van der Waals surface area contributed by atoms with Crippen molar-refractivity contribution >= 4 is 17.0 Å². The Hall–Kier alpha value is -2.63. The van der Waals surface area contributed by atoms with Gasteiger partial charge in [0.1, 0.15) is 11.2 Å². The highest BCUT2D eigenvalue weighted by atomic mass is 16.5. The Balaban J connectivity index is 2.17. The fourth-order valence-electron chi connectivity index (χ4n) is 2.35. The van der Waals surface area contributed by atoms with E-state index < -0.39 is 5.97 Å². The Morgan fingerprint density at radius 3 is 2.90 bits per heavy atom. The smallest absolute Gasteiger partial charge is 0.340 e. The quantitative estimate of drug-likeness (QED) is 0.749. The number of benzene rings is 1. The lowest BCUT2D eigenvalue weighted by molar-refractivity contribution is 0.0603. The number of ether oxygens (including phenoxy) is 1. The zero-order valence-electron chi connectivity index (χ0n) is 12.2. The van der Waals surface area contributed by atoms with Gasteiger partial charge in [-0.2, -0.15) is 5.10 Å². The topological polar surface area (TPSA) is 72.8 Å². The zero-order chi connectivity index (χ0) is 15.0. The molecule has 0 unspecified atom stereocenters. The van der Waals surface area contributed by atoms with E-state index in [4.69, 9.17) is 4.74 Å². The molecule has 0 aliphatic rings. The highest BCUT2D eigenvalue weighted by molar-refractivity contribution is 6.02. The van der Waals surface area contributed by atoms with Gasteiger partial charge >= 0.3 is 5.97 Å². The summed E-state index contributed by atoms with van der Waals surface area (Å²) in [6.45, 7) is 2.06. The first-order chi connectivity index (χ1) is 10.1. The predicted octanol–water partition coefficient (Wildman–Crippen LogP) is 2.31. The van der Waals surface area contributed by atoms with E-state index in [9.17, 15) is 4.79 Å². The van der Waals surface area contributed by atoms with Crippen molar-refractivity contribution in [3.63, 3.8) is 0 Å². The SMILES string of the molecule is CCc1cc(-c2nc3c(C(=O)OC)cccc3[nH]2)n(C)n1. The molecule has 0 atom stereocenters. The number of imidazole rings is 1. The molecule has 0 aliphatic heterocycles. The number of nitrogens with zero attached hydrogens (tertiary/aromatic N) is 3. The third-order valence-corrected chi connectivity index (χ3v) is 3.45. The maximum absolute atomic E-state index is 11.8. The van der Waals surface area contributed by atoms with E-state index in [0.717, 1.165) is 23.3 Å². The van der Waals surface area contributed by atoms with Gasteiger partial charge in [-0.3, -0.25) is 4.68 Å². The molecule has 0 amide bonds. The Labute approximate surface area is 121 Å². The summed E-state index contributed by atoms with van der Waals surface area (Å²) >= 11 is 0. The van der Waals surface area contributed by atoms with Gasteiger partial charge in [0.15, 0.2) is 5.82 Å². The maximum Gasteiger partial charge on any atom is 0.340 e. The first-order valence-corrected chi connectivity index (χ1v) is 6.74. The number of methoxy groups -OCH3 is 1. The Kier molecular flexibility index (Phi) is 3.21. The van der Waals surface area contributed by atoms with Crippen LogP contribution in [0.4, 0.5) is 0 Å². The second-order valence-electron chi connectivity index (χ2n) is 4.78. The van der Waals surface area contributed by atoms with Crippen LogP contribution in [0.25, 0.3) is 22.6 Å². The van der Waals surface area contributed by atoms with Gasteiger partial charge in [0, 0.05) is 7.05 Å². The number of aryl methyl sites for hydroxylation is 2. The van der Waals surface area contributed by atoms with Crippen LogP contribution >= 0.6 is 0 Å². The molecule has 0 spiro atoms. The van der Waals surface area contributed by atoms with Gasteiger partial charge in [-0.15, -0.1) is 0 Å². The van der Waals surface area contributed by atoms with E-state index in [1.807, 2.05) is 19.2 Å². The predicted molar refractivity (Wildman–Crippen MR) is 79.0 cm³/mol. The number of aromatic amines is 1. The van der Waals surface area contributed by atoms with Crippen LogP contribution < -0.4 is 0 Å². The molecule has 2 aromatic heterocycles. The summed E-state index contributed by atoms with van der Waals surface area (Å²) in [6.07, 6.45) is 0.863. The first kappa shape index (κ1) is 13.4. The van der Waals surface area contributed by atoms with E-state index in [0.29, 0.717) is 16.9 Å². The molecule has 0 saturated heterocycles. The van der Waals surface area contributed by atoms with Gasteiger partial charge in [-0.05, 0) is 24.6 Å². The molecule has 0 radical (unpaired) electrons. The molecule has 1 N–H and O–H groups in total. The van der Waals surface area contributed by atoms with Crippen LogP contribution in [-0.2, 0) is 18.2 Å². The number of nitrogens with one attached hydrogen (secondary N) is 1. The lowest BCUT2D eigenvalue weighted by Crippen LogP contribution is -2.01. The Morgan fingerprint density at radius 2 is 2.24 bits per heavy atom. The molecular formula is C15H16N4O2. The van der Waals surface area contributed by atoms with Crippen molar-refractivity contribution in [1.29, 1.82) is 0 Å². The first-order valence-electron chi connectivity index (χ1n) is 6.74. The van der Waals surface area contributed by atoms with Crippen LogP contribution in [0.15, 0.2) is 24.3 Å². The van der Waals surface area contributed by atoms with E-state index in [-0.39, 0.29) is 0 Å². The second-order valence-corrected chi connectivity index (χ2v) is 4.78. The van der Waals surface area contributed by atoms with Crippen LogP contribution in [0.1, 0.15) is 23.0 Å². The van der Waals surface area contributed by atoms with Gasteiger partial charge in [-0.25, -0.2) is 9.78 Å². The van der Waals surface area contributed by atoms with E-state index in [2.05, 4.69) is 22.0 Å². The van der Waals surface area contributed by atoms with Gasteiger partial charge in [0.25, 0.3) is 0 Å². The molecule has 1 aromatic carbocycles. The van der Waals surface area contributed by atoms with Crippen molar-refractivity contribution in [2.24, 2.45) is 7.05 Å². The summed E-state index contributed by atoms with van der Waals surface area (Å²) in [4.78, 5) is 19.6. The summed E-state index contributed by atoms with van der Waals surface area (Å²) in [5, 5.41) is 4.41. The summed E-state index contributed by atoms with van der Waals surface area (Å²) in [7, 11) is 3.24. The minimum absolute atomic E-state index is 0.391.